The molecule has 2 atom stereocenters. The number of piperidine rings is 1. The molecule has 6 heteroatoms. The van der Waals surface area contributed by atoms with Gasteiger partial charge in [-0.2, -0.15) is 0 Å². The van der Waals surface area contributed by atoms with Crippen LogP contribution in [0.15, 0.2) is 30.3 Å². The zero-order valence-corrected chi connectivity index (χ0v) is 14.4. The van der Waals surface area contributed by atoms with Gasteiger partial charge < -0.3 is 20.5 Å². The maximum absolute atomic E-state index is 6.18. The van der Waals surface area contributed by atoms with Gasteiger partial charge in [-0.3, -0.25) is 0 Å². The van der Waals surface area contributed by atoms with Gasteiger partial charge in [0.25, 0.3) is 0 Å². The summed E-state index contributed by atoms with van der Waals surface area (Å²) in [6.07, 6.45) is 4.77. The lowest BCUT2D eigenvalue weighted by atomic mass is 9.86. The second-order valence-electron chi connectivity index (χ2n) is 6.92. The van der Waals surface area contributed by atoms with Crippen molar-refractivity contribution in [2.24, 2.45) is 0 Å². The van der Waals surface area contributed by atoms with Crippen LogP contribution in [-0.4, -0.2) is 36.2 Å². The monoisotopic (exact) mass is 340 g/mol. The van der Waals surface area contributed by atoms with Gasteiger partial charge in [0.05, 0.1) is 5.69 Å². The molecule has 3 heterocycles. The van der Waals surface area contributed by atoms with Gasteiger partial charge in [0.15, 0.2) is 6.79 Å². The fraction of sp³-hybridized carbons (Fsp3) is 0.474. The van der Waals surface area contributed by atoms with E-state index in [1.165, 1.54) is 12.8 Å². The average Bonchev–Trinajstić information content (AvgIpc) is 2.98. The molecule has 4 rings (SSSR count). The number of fused-ring (bicyclic) bond motifs is 2. The van der Waals surface area contributed by atoms with Crippen LogP contribution in [0.4, 0.5) is 5.82 Å². The number of rotatable bonds is 5. The van der Waals surface area contributed by atoms with E-state index in [4.69, 9.17) is 15.2 Å². The van der Waals surface area contributed by atoms with Gasteiger partial charge in [0, 0.05) is 30.3 Å². The van der Waals surface area contributed by atoms with E-state index in [1.807, 2.05) is 24.3 Å². The minimum Gasteiger partial charge on any atom is -0.467 e. The third kappa shape index (κ3) is 3.32. The van der Waals surface area contributed by atoms with Crippen molar-refractivity contribution < 1.29 is 9.47 Å². The molecule has 2 fully saturated rings. The topological polar surface area (TPSA) is 82.3 Å². The Labute approximate surface area is 147 Å². The number of aromatic nitrogens is 2. The summed E-state index contributed by atoms with van der Waals surface area (Å²) < 4.78 is 10.7. The number of nitrogens with one attached hydrogen (secondary N) is 1. The third-order valence-corrected chi connectivity index (χ3v) is 5.26. The Morgan fingerprint density at radius 1 is 1.16 bits per heavy atom. The van der Waals surface area contributed by atoms with E-state index in [0.717, 1.165) is 35.4 Å². The lowest BCUT2D eigenvalue weighted by Crippen LogP contribution is -2.37. The molecule has 132 valence electrons. The first-order chi connectivity index (χ1) is 12.2. The Hall–Kier alpha value is -2.18. The van der Waals surface area contributed by atoms with Crippen LogP contribution in [0.5, 0.6) is 5.75 Å². The second-order valence-corrected chi connectivity index (χ2v) is 6.92. The Kier molecular flexibility index (Phi) is 4.55. The fourth-order valence-corrected chi connectivity index (χ4v) is 4.11. The first-order valence-electron chi connectivity index (χ1n) is 8.85. The van der Waals surface area contributed by atoms with E-state index < -0.39 is 0 Å². The SMILES string of the molecule is COCOc1ccccc1-c1cc(C2CC3CCC(C2)N3)c(N)nn1. The Balaban J connectivity index is 1.66. The van der Waals surface area contributed by atoms with Gasteiger partial charge in [-0.05, 0) is 49.8 Å². The third-order valence-electron chi connectivity index (χ3n) is 5.26. The van der Waals surface area contributed by atoms with Crippen molar-refractivity contribution in [3.05, 3.63) is 35.9 Å². The van der Waals surface area contributed by atoms with Gasteiger partial charge in [0.1, 0.15) is 11.6 Å². The van der Waals surface area contributed by atoms with Crippen LogP contribution < -0.4 is 15.8 Å². The van der Waals surface area contributed by atoms with E-state index in [0.29, 0.717) is 23.8 Å². The normalized spacial score (nSPS) is 25.1. The summed E-state index contributed by atoms with van der Waals surface area (Å²) in [5.41, 5.74) is 9.00. The van der Waals surface area contributed by atoms with Crippen LogP contribution in [0, 0.1) is 0 Å². The van der Waals surface area contributed by atoms with Crippen molar-refractivity contribution in [2.45, 2.75) is 43.7 Å². The maximum Gasteiger partial charge on any atom is 0.188 e. The predicted molar refractivity (Wildman–Crippen MR) is 96.3 cm³/mol. The van der Waals surface area contributed by atoms with Crippen LogP contribution >= 0.6 is 0 Å². The highest BCUT2D eigenvalue weighted by Gasteiger charge is 2.35. The number of ether oxygens (including phenoxy) is 2. The van der Waals surface area contributed by atoms with Crippen LogP contribution in [-0.2, 0) is 4.74 Å². The smallest absolute Gasteiger partial charge is 0.188 e. The molecular formula is C19H24N4O2. The van der Waals surface area contributed by atoms with Gasteiger partial charge in [-0.15, -0.1) is 10.2 Å². The summed E-state index contributed by atoms with van der Waals surface area (Å²) >= 11 is 0. The first-order valence-corrected chi connectivity index (χ1v) is 8.85. The minimum absolute atomic E-state index is 0.198. The zero-order valence-electron chi connectivity index (χ0n) is 14.4. The van der Waals surface area contributed by atoms with Crippen molar-refractivity contribution in [3.8, 4) is 17.0 Å². The maximum atomic E-state index is 6.18. The zero-order chi connectivity index (χ0) is 17.2. The van der Waals surface area contributed by atoms with E-state index >= 15 is 0 Å². The second kappa shape index (κ2) is 6.98. The van der Waals surface area contributed by atoms with Crippen LogP contribution in [0.1, 0.15) is 37.2 Å². The van der Waals surface area contributed by atoms with Crippen molar-refractivity contribution in [3.63, 3.8) is 0 Å². The number of nitrogens with zero attached hydrogens (tertiary/aromatic N) is 2. The van der Waals surface area contributed by atoms with Gasteiger partial charge in [-0.1, -0.05) is 12.1 Å². The number of nitrogen functional groups attached to an aromatic ring is 1. The van der Waals surface area contributed by atoms with Crippen LogP contribution in [0.25, 0.3) is 11.3 Å². The number of hydrogen-bond donors (Lipinski definition) is 2. The van der Waals surface area contributed by atoms with E-state index in [2.05, 4.69) is 21.6 Å². The molecule has 0 spiro atoms. The molecule has 2 aliphatic heterocycles. The Morgan fingerprint density at radius 3 is 2.68 bits per heavy atom. The molecule has 6 nitrogen and oxygen atoms in total. The quantitative estimate of drug-likeness (QED) is 0.815. The number of hydrogen-bond acceptors (Lipinski definition) is 6. The van der Waals surface area contributed by atoms with Crippen molar-refractivity contribution in [1.29, 1.82) is 0 Å². The minimum atomic E-state index is 0.198. The molecule has 2 bridgehead atoms. The highest BCUT2D eigenvalue weighted by atomic mass is 16.7. The van der Waals surface area contributed by atoms with E-state index in [1.54, 1.807) is 7.11 Å². The number of benzene rings is 1. The molecule has 1 aromatic heterocycles. The summed E-state index contributed by atoms with van der Waals surface area (Å²) in [4.78, 5) is 0. The van der Waals surface area contributed by atoms with Gasteiger partial charge in [0.2, 0.25) is 0 Å². The largest absolute Gasteiger partial charge is 0.467 e. The number of para-hydroxylation sites is 1. The number of methoxy groups -OCH3 is 1. The Bertz CT molecular complexity index is 740. The summed E-state index contributed by atoms with van der Waals surface area (Å²) in [5, 5.41) is 12.2. The fourth-order valence-electron chi connectivity index (χ4n) is 4.11. The van der Waals surface area contributed by atoms with Crippen molar-refractivity contribution in [2.75, 3.05) is 19.6 Å². The average molecular weight is 340 g/mol. The molecule has 2 aromatic rings. The number of nitrogens with two attached hydrogens (primary N) is 1. The summed E-state index contributed by atoms with van der Waals surface area (Å²) in [7, 11) is 1.61. The van der Waals surface area contributed by atoms with Gasteiger partial charge in [-0.25, -0.2) is 0 Å². The van der Waals surface area contributed by atoms with Crippen LogP contribution in [0.2, 0.25) is 0 Å². The molecule has 2 aliphatic rings. The van der Waals surface area contributed by atoms with E-state index in [9.17, 15) is 0 Å². The molecule has 2 saturated heterocycles. The van der Waals surface area contributed by atoms with Crippen molar-refractivity contribution >= 4 is 5.82 Å². The molecular weight excluding hydrogens is 316 g/mol. The first kappa shape index (κ1) is 16.3. The molecule has 0 saturated carbocycles. The molecule has 0 amide bonds. The summed E-state index contributed by atoms with van der Waals surface area (Å²) in [6.45, 7) is 0.198. The predicted octanol–water partition coefficient (Wildman–Crippen LogP) is 2.71. The number of anilines is 1. The molecule has 1 aromatic carbocycles. The van der Waals surface area contributed by atoms with Gasteiger partial charge >= 0.3 is 0 Å². The molecule has 25 heavy (non-hydrogen) atoms. The molecule has 0 radical (unpaired) electrons. The standard InChI is InChI=1S/C19H24N4O2/c1-24-11-25-18-5-3-2-4-15(18)17-10-16(19(20)23-22-17)12-8-13-6-7-14(9-12)21-13/h2-5,10,12-14,21H,6-9,11H2,1H3,(H2,20,23). The molecule has 2 unspecified atom stereocenters. The summed E-state index contributed by atoms with van der Waals surface area (Å²) in [6, 6.07) is 11.1. The lowest BCUT2D eigenvalue weighted by Gasteiger charge is -2.29. The van der Waals surface area contributed by atoms with E-state index in [-0.39, 0.29) is 6.79 Å². The lowest BCUT2D eigenvalue weighted by molar-refractivity contribution is 0.0515. The highest BCUT2D eigenvalue weighted by molar-refractivity contribution is 5.68. The van der Waals surface area contributed by atoms with Crippen molar-refractivity contribution in [1.82, 2.24) is 15.5 Å². The molecule has 3 N–H and O–H groups in total. The molecule has 0 aliphatic carbocycles. The Morgan fingerprint density at radius 2 is 1.92 bits per heavy atom. The highest BCUT2D eigenvalue weighted by Crippen LogP contribution is 2.40. The summed E-state index contributed by atoms with van der Waals surface area (Å²) in [5.74, 6) is 1.73. The van der Waals surface area contributed by atoms with Crippen LogP contribution in [0.3, 0.4) is 0 Å².